The molecule has 0 aromatic heterocycles. The number of unbranched alkanes of at least 4 members (excludes halogenated alkanes) is 58. The van der Waals surface area contributed by atoms with Gasteiger partial charge in [-0.1, -0.05) is 393 Å². The van der Waals surface area contributed by atoms with Crippen molar-refractivity contribution < 1.29 is 28.6 Å². The number of rotatable bonds is 69. The molecule has 0 radical (unpaired) electrons. The molecule has 0 aliphatic rings. The normalized spacial score (nSPS) is 11.9. The molecule has 0 spiro atoms. The van der Waals surface area contributed by atoms with Gasteiger partial charge in [-0.05, 0) is 19.3 Å². The molecule has 0 aromatic carbocycles. The molecule has 0 aliphatic carbocycles. The van der Waals surface area contributed by atoms with Crippen LogP contribution in [0, 0.1) is 0 Å². The molecule has 0 fully saturated rings. The van der Waals surface area contributed by atoms with Crippen LogP contribution in [0.3, 0.4) is 0 Å². The SMILES string of the molecule is CCCCCCCCCCCCCCCCCCCCCCCCCCCCC(=O)OCC(COC(=O)CCCCCCCCCCCCCCC)OC(=O)CCCCCCCCCCCCCCCCCCCCCCCC. The number of hydrogen-bond donors (Lipinski definition) is 0. The van der Waals surface area contributed by atoms with E-state index in [-0.39, 0.29) is 31.1 Å². The van der Waals surface area contributed by atoms with Crippen molar-refractivity contribution in [3.63, 3.8) is 0 Å². The van der Waals surface area contributed by atoms with Gasteiger partial charge in [-0.2, -0.15) is 0 Å². The lowest BCUT2D eigenvalue weighted by molar-refractivity contribution is -0.167. The van der Waals surface area contributed by atoms with Crippen LogP contribution in [0.5, 0.6) is 0 Å². The molecule has 6 heteroatoms. The van der Waals surface area contributed by atoms with Crippen molar-refractivity contribution in [2.45, 2.75) is 438 Å². The van der Waals surface area contributed by atoms with E-state index in [2.05, 4.69) is 20.8 Å². The smallest absolute Gasteiger partial charge is 0.306 e. The number of esters is 3. The van der Waals surface area contributed by atoms with Gasteiger partial charge in [0.2, 0.25) is 0 Å². The van der Waals surface area contributed by atoms with E-state index in [1.54, 1.807) is 0 Å². The van der Waals surface area contributed by atoms with Crippen molar-refractivity contribution in [2.75, 3.05) is 13.2 Å². The van der Waals surface area contributed by atoms with E-state index in [0.29, 0.717) is 19.3 Å². The highest BCUT2D eigenvalue weighted by molar-refractivity contribution is 5.71. The summed E-state index contributed by atoms with van der Waals surface area (Å²) in [5.41, 5.74) is 0. The molecule has 0 saturated carbocycles. The van der Waals surface area contributed by atoms with Crippen LogP contribution < -0.4 is 0 Å². The Bertz CT molecular complexity index is 1190. The van der Waals surface area contributed by atoms with Crippen LogP contribution in [-0.2, 0) is 28.6 Å². The van der Waals surface area contributed by atoms with Crippen LogP contribution in [0.4, 0.5) is 0 Å². The van der Waals surface area contributed by atoms with Crippen LogP contribution >= 0.6 is 0 Å². The maximum atomic E-state index is 13.0. The summed E-state index contributed by atoms with van der Waals surface area (Å²) in [5.74, 6) is -0.818. The van der Waals surface area contributed by atoms with Crippen molar-refractivity contribution in [1.29, 1.82) is 0 Å². The maximum Gasteiger partial charge on any atom is 0.306 e. The summed E-state index contributed by atoms with van der Waals surface area (Å²) in [7, 11) is 0. The lowest BCUT2D eigenvalue weighted by Gasteiger charge is -2.18. The summed E-state index contributed by atoms with van der Waals surface area (Å²) in [6, 6.07) is 0. The van der Waals surface area contributed by atoms with Gasteiger partial charge in [0.25, 0.3) is 0 Å². The van der Waals surface area contributed by atoms with Crippen molar-refractivity contribution >= 4 is 17.9 Å². The van der Waals surface area contributed by atoms with Crippen molar-refractivity contribution in [2.24, 2.45) is 0 Å². The topological polar surface area (TPSA) is 78.9 Å². The minimum atomic E-state index is -0.763. The molecule has 0 aromatic rings. The minimum absolute atomic E-state index is 0.0601. The first-order valence-corrected chi connectivity index (χ1v) is 36.5. The molecule has 0 saturated heterocycles. The molecule has 0 heterocycles. The summed E-state index contributed by atoms with van der Waals surface area (Å²) < 4.78 is 17.0. The molecule has 6 nitrogen and oxygen atoms in total. The van der Waals surface area contributed by atoms with Crippen LogP contribution in [0.2, 0.25) is 0 Å². The second kappa shape index (κ2) is 68.9. The number of hydrogen-bond acceptors (Lipinski definition) is 6. The summed E-state index contributed by atoms with van der Waals surface area (Å²) in [5, 5.41) is 0. The third kappa shape index (κ3) is 67.1. The molecule has 0 N–H and O–H groups in total. The first-order valence-electron chi connectivity index (χ1n) is 36.5. The Morgan fingerprint density at radius 1 is 0.203 bits per heavy atom. The summed E-state index contributed by atoms with van der Waals surface area (Å²) in [4.78, 5) is 38.4. The molecule has 1 atom stereocenters. The average molecular weight is 1120 g/mol. The molecule has 0 bridgehead atoms. The fraction of sp³-hybridized carbons (Fsp3) is 0.959. The third-order valence-corrected chi connectivity index (χ3v) is 17.1. The zero-order chi connectivity index (χ0) is 57.1. The lowest BCUT2D eigenvalue weighted by atomic mass is 10.0. The Kier molecular flexibility index (Phi) is 67.5. The summed E-state index contributed by atoms with van der Waals surface area (Å²) in [6.45, 7) is 6.75. The van der Waals surface area contributed by atoms with E-state index in [0.717, 1.165) is 57.8 Å². The molecule has 0 aliphatic heterocycles. The van der Waals surface area contributed by atoms with Crippen molar-refractivity contribution in [3.05, 3.63) is 0 Å². The van der Waals surface area contributed by atoms with Crippen molar-refractivity contribution in [3.8, 4) is 0 Å². The van der Waals surface area contributed by atoms with E-state index in [1.165, 1.54) is 334 Å². The van der Waals surface area contributed by atoms with Gasteiger partial charge in [-0.25, -0.2) is 0 Å². The van der Waals surface area contributed by atoms with E-state index >= 15 is 0 Å². The number of ether oxygens (including phenoxy) is 3. The Morgan fingerprint density at radius 2 is 0.342 bits per heavy atom. The zero-order valence-corrected chi connectivity index (χ0v) is 54.2. The first kappa shape index (κ1) is 77.4. The third-order valence-electron chi connectivity index (χ3n) is 17.1. The van der Waals surface area contributed by atoms with Crippen LogP contribution in [-0.4, -0.2) is 37.2 Å². The monoisotopic (exact) mass is 1120 g/mol. The van der Waals surface area contributed by atoms with Gasteiger partial charge in [0.15, 0.2) is 6.10 Å². The standard InChI is InChI=1S/C73H142O6/c1-4-7-10-13-16-19-22-25-27-29-31-33-35-36-37-38-40-41-43-45-48-51-54-57-60-63-66-72(75)78-69-70(68-77-71(74)65-62-59-56-53-50-47-24-21-18-15-12-9-6-3)79-73(76)67-64-61-58-55-52-49-46-44-42-39-34-32-30-28-26-23-20-17-14-11-8-5-2/h70H,4-69H2,1-3H3. The van der Waals surface area contributed by atoms with E-state index in [9.17, 15) is 14.4 Å². The molecular formula is C73H142O6. The maximum absolute atomic E-state index is 13.0. The fourth-order valence-corrected chi connectivity index (χ4v) is 11.6. The Labute approximate surface area is 495 Å². The van der Waals surface area contributed by atoms with Crippen molar-refractivity contribution in [1.82, 2.24) is 0 Å². The summed E-state index contributed by atoms with van der Waals surface area (Å²) in [6.07, 6.45) is 81.5. The minimum Gasteiger partial charge on any atom is -0.462 e. The van der Waals surface area contributed by atoms with Gasteiger partial charge in [0.05, 0.1) is 0 Å². The van der Waals surface area contributed by atoms with E-state index in [4.69, 9.17) is 14.2 Å². The summed E-state index contributed by atoms with van der Waals surface area (Å²) >= 11 is 0. The molecule has 1 unspecified atom stereocenters. The van der Waals surface area contributed by atoms with E-state index in [1.807, 2.05) is 0 Å². The number of carbonyl (C=O) groups is 3. The largest absolute Gasteiger partial charge is 0.462 e. The Balaban J connectivity index is 4.17. The highest BCUT2D eigenvalue weighted by Crippen LogP contribution is 2.20. The quantitative estimate of drug-likeness (QED) is 0.0343. The molecule has 0 rings (SSSR count). The Hall–Kier alpha value is -1.59. The number of carbonyl (C=O) groups excluding carboxylic acids is 3. The average Bonchev–Trinajstić information content (AvgIpc) is 3.45. The van der Waals surface area contributed by atoms with Gasteiger partial charge in [0.1, 0.15) is 13.2 Å². The predicted octanol–water partition coefficient (Wildman–Crippen LogP) is 25.0. The Morgan fingerprint density at radius 3 is 0.506 bits per heavy atom. The molecule has 79 heavy (non-hydrogen) atoms. The molecule has 0 amide bonds. The van der Waals surface area contributed by atoms with Gasteiger partial charge in [-0.15, -0.1) is 0 Å². The molecule has 470 valence electrons. The van der Waals surface area contributed by atoms with Gasteiger partial charge < -0.3 is 14.2 Å². The van der Waals surface area contributed by atoms with Crippen LogP contribution in [0.1, 0.15) is 432 Å². The van der Waals surface area contributed by atoms with E-state index < -0.39 is 6.10 Å². The zero-order valence-electron chi connectivity index (χ0n) is 54.2. The first-order chi connectivity index (χ1) is 39.0. The van der Waals surface area contributed by atoms with Crippen LogP contribution in [0.25, 0.3) is 0 Å². The van der Waals surface area contributed by atoms with Gasteiger partial charge >= 0.3 is 17.9 Å². The fourth-order valence-electron chi connectivity index (χ4n) is 11.6. The predicted molar refractivity (Wildman–Crippen MR) is 344 cm³/mol. The second-order valence-corrected chi connectivity index (χ2v) is 25.2. The van der Waals surface area contributed by atoms with Crippen LogP contribution in [0.15, 0.2) is 0 Å². The second-order valence-electron chi connectivity index (χ2n) is 25.2. The molecular weight excluding hydrogens is 973 g/mol. The van der Waals surface area contributed by atoms with Gasteiger partial charge in [0, 0.05) is 19.3 Å². The highest BCUT2D eigenvalue weighted by atomic mass is 16.6. The lowest BCUT2D eigenvalue weighted by Crippen LogP contribution is -2.30. The van der Waals surface area contributed by atoms with Gasteiger partial charge in [-0.3, -0.25) is 14.4 Å². The highest BCUT2D eigenvalue weighted by Gasteiger charge is 2.20.